The summed E-state index contributed by atoms with van der Waals surface area (Å²) in [5.74, 6) is -0.717. The average Bonchev–Trinajstić information content (AvgIpc) is 2.92. The maximum absolute atomic E-state index is 13.3. The topological polar surface area (TPSA) is 57.6 Å². The zero-order valence-corrected chi connectivity index (χ0v) is 18.1. The van der Waals surface area contributed by atoms with Gasteiger partial charge >= 0.3 is 0 Å². The van der Waals surface area contributed by atoms with E-state index in [-0.39, 0.29) is 12.2 Å². The number of fused-ring (bicyclic) bond motifs is 1. The number of carbonyl (C=O) groups is 2. The highest BCUT2D eigenvalue weighted by Gasteiger charge is 2.50. The Morgan fingerprint density at radius 3 is 2.38 bits per heavy atom. The van der Waals surface area contributed by atoms with Crippen LogP contribution in [0.15, 0.2) is 72.8 Å². The van der Waals surface area contributed by atoms with Gasteiger partial charge in [0.15, 0.2) is 11.4 Å². The number of hydrogen-bond donors (Lipinski definition) is 1. The minimum absolute atomic E-state index is 0.259. The Balaban J connectivity index is 1.69. The van der Waals surface area contributed by atoms with Gasteiger partial charge < -0.3 is 10.0 Å². The van der Waals surface area contributed by atoms with E-state index in [0.29, 0.717) is 23.4 Å². The lowest BCUT2D eigenvalue weighted by Crippen LogP contribution is -2.41. The Hall–Kier alpha value is -2.51. The minimum Gasteiger partial charge on any atom is -0.375 e. The SMILES string of the molecule is Cc1ccccc1CN1C(=O)[C@](O)(CC(=O)c2ccc(I)cc2)c2ccccc21. The molecule has 0 saturated heterocycles. The van der Waals surface area contributed by atoms with E-state index in [1.54, 1.807) is 29.2 Å². The van der Waals surface area contributed by atoms with Crippen LogP contribution in [0.4, 0.5) is 5.69 Å². The third-order valence-electron chi connectivity index (χ3n) is 5.41. The van der Waals surface area contributed by atoms with Crippen molar-refractivity contribution in [1.82, 2.24) is 0 Å². The van der Waals surface area contributed by atoms with Crippen LogP contribution in [0, 0.1) is 10.5 Å². The van der Waals surface area contributed by atoms with Gasteiger partial charge in [-0.05, 0) is 58.8 Å². The molecule has 5 heteroatoms. The molecule has 0 bridgehead atoms. The van der Waals surface area contributed by atoms with E-state index in [2.05, 4.69) is 22.6 Å². The van der Waals surface area contributed by atoms with Crippen LogP contribution in [0.25, 0.3) is 0 Å². The number of benzene rings is 3. The maximum Gasteiger partial charge on any atom is 0.264 e. The molecule has 29 heavy (non-hydrogen) atoms. The Morgan fingerprint density at radius 2 is 1.66 bits per heavy atom. The molecule has 0 radical (unpaired) electrons. The fourth-order valence-corrected chi connectivity index (χ4v) is 4.12. The third kappa shape index (κ3) is 3.60. The van der Waals surface area contributed by atoms with Crippen LogP contribution in [0.5, 0.6) is 0 Å². The fraction of sp³-hybridized carbons (Fsp3) is 0.167. The van der Waals surface area contributed by atoms with Crippen molar-refractivity contribution in [2.75, 3.05) is 4.90 Å². The first kappa shape index (κ1) is 19.8. The molecular weight excluding hydrogens is 477 g/mol. The van der Waals surface area contributed by atoms with Gasteiger partial charge in [0, 0.05) is 14.7 Å². The number of anilines is 1. The molecule has 4 nitrogen and oxygen atoms in total. The number of aliphatic hydroxyl groups is 1. The van der Waals surface area contributed by atoms with Gasteiger partial charge in [0.05, 0.1) is 18.7 Å². The second-order valence-electron chi connectivity index (χ2n) is 7.30. The fourth-order valence-electron chi connectivity index (χ4n) is 3.76. The van der Waals surface area contributed by atoms with Gasteiger partial charge in [-0.15, -0.1) is 0 Å². The Bertz CT molecular complexity index is 1090. The van der Waals surface area contributed by atoms with Gasteiger partial charge in [-0.3, -0.25) is 9.59 Å². The summed E-state index contributed by atoms with van der Waals surface area (Å²) in [6.07, 6.45) is -0.284. The van der Waals surface area contributed by atoms with Gasteiger partial charge in [-0.1, -0.05) is 54.6 Å². The third-order valence-corrected chi connectivity index (χ3v) is 6.13. The Labute approximate surface area is 183 Å². The molecule has 1 atom stereocenters. The highest BCUT2D eigenvalue weighted by Crippen LogP contribution is 2.43. The van der Waals surface area contributed by atoms with Crippen molar-refractivity contribution in [2.24, 2.45) is 0 Å². The average molecular weight is 497 g/mol. The summed E-state index contributed by atoms with van der Waals surface area (Å²) in [6.45, 7) is 2.34. The molecule has 0 saturated carbocycles. The molecule has 1 heterocycles. The number of hydrogen-bond acceptors (Lipinski definition) is 3. The van der Waals surface area contributed by atoms with E-state index >= 15 is 0 Å². The van der Waals surface area contributed by atoms with Crippen LogP contribution >= 0.6 is 22.6 Å². The lowest BCUT2D eigenvalue weighted by molar-refractivity contribution is -0.136. The number of halogens is 1. The molecule has 1 aliphatic heterocycles. The number of nitrogens with zero attached hydrogens (tertiary/aromatic N) is 1. The lowest BCUT2D eigenvalue weighted by atomic mass is 9.88. The van der Waals surface area contributed by atoms with E-state index in [9.17, 15) is 14.7 Å². The van der Waals surface area contributed by atoms with E-state index in [1.165, 1.54) is 0 Å². The summed E-state index contributed by atoms with van der Waals surface area (Å²) in [5, 5.41) is 11.4. The summed E-state index contributed by atoms with van der Waals surface area (Å²) in [7, 11) is 0. The number of aryl methyl sites for hydroxylation is 1. The molecule has 0 fully saturated rings. The number of ketones is 1. The van der Waals surface area contributed by atoms with Crippen LogP contribution in [0.3, 0.4) is 0 Å². The molecule has 0 unspecified atom stereocenters. The lowest BCUT2D eigenvalue weighted by Gasteiger charge is -2.23. The van der Waals surface area contributed by atoms with Crippen molar-refractivity contribution in [1.29, 1.82) is 0 Å². The highest BCUT2D eigenvalue weighted by molar-refractivity contribution is 14.1. The predicted octanol–water partition coefficient (Wildman–Crippen LogP) is 4.61. The first-order chi connectivity index (χ1) is 13.9. The van der Waals surface area contributed by atoms with Crippen molar-refractivity contribution in [2.45, 2.75) is 25.5 Å². The highest BCUT2D eigenvalue weighted by atomic mass is 127. The first-order valence-electron chi connectivity index (χ1n) is 9.37. The number of amides is 1. The van der Waals surface area contributed by atoms with Gasteiger partial charge in [0.2, 0.25) is 0 Å². The zero-order valence-electron chi connectivity index (χ0n) is 15.9. The molecule has 1 amide bonds. The maximum atomic E-state index is 13.3. The number of rotatable bonds is 5. The van der Waals surface area contributed by atoms with Crippen LogP contribution in [0.1, 0.15) is 33.5 Å². The van der Waals surface area contributed by atoms with Crippen molar-refractivity contribution in [3.05, 3.63) is 98.6 Å². The van der Waals surface area contributed by atoms with Crippen LogP contribution in [-0.4, -0.2) is 16.8 Å². The second-order valence-corrected chi connectivity index (χ2v) is 8.55. The van der Waals surface area contributed by atoms with Gasteiger partial charge in [0.25, 0.3) is 5.91 Å². The first-order valence-corrected chi connectivity index (χ1v) is 10.4. The second kappa shape index (κ2) is 7.72. The molecular formula is C24H20INO3. The molecule has 3 aromatic rings. The molecule has 4 rings (SSSR count). The summed E-state index contributed by atoms with van der Waals surface area (Å²) >= 11 is 2.17. The van der Waals surface area contributed by atoms with Crippen molar-refractivity contribution in [3.8, 4) is 0 Å². The van der Waals surface area contributed by atoms with E-state index in [4.69, 9.17) is 0 Å². The molecule has 1 N–H and O–H groups in total. The molecule has 0 spiro atoms. The van der Waals surface area contributed by atoms with Crippen LogP contribution in [0.2, 0.25) is 0 Å². The van der Waals surface area contributed by atoms with Gasteiger partial charge in [0.1, 0.15) is 0 Å². The Kier molecular flexibility index (Phi) is 5.27. The standard InChI is InChI=1S/C24H20INO3/c1-16-6-2-3-7-18(16)15-26-21-9-5-4-8-20(21)24(29,23(26)28)14-22(27)17-10-12-19(25)13-11-17/h2-13,29H,14-15H2,1H3/t24-/m0/s1. The number of carbonyl (C=O) groups excluding carboxylic acids is 2. The summed E-state index contributed by atoms with van der Waals surface area (Å²) < 4.78 is 1.02. The van der Waals surface area contributed by atoms with E-state index in [0.717, 1.165) is 14.7 Å². The smallest absolute Gasteiger partial charge is 0.264 e. The van der Waals surface area contributed by atoms with Crippen molar-refractivity contribution in [3.63, 3.8) is 0 Å². The van der Waals surface area contributed by atoms with E-state index < -0.39 is 11.5 Å². The van der Waals surface area contributed by atoms with Crippen molar-refractivity contribution >= 4 is 40.0 Å². The Morgan fingerprint density at radius 1 is 1.00 bits per heavy atom. The predicted molar refractivity (Wildman–Crippen MR) is 121 cm³/mol. The monoisotopic (exact) mass is 497 g/mol. The normalized spacial score (nSPS) is 18.0. The van der Waals surface area contributed by atoms with Gasteiger partial charge in [-0.25, -0.2) is 0 Å². The number of Topliss-reactive ketones (excluding diaryl/α,β-unsaturated/α-hetero) is 1. The summed E-state index contributed by atoms with van der Waals surface area (Å²) in [4.78, 5) is 27.8. The number of para-hydroxylation sites is 1. The molecule has 1 aliphatic rings. The molecule has 3 aromatic carbocycles. The minimum atomic E-state index is -1.86. The largest absolute Gasteiger partial charge is 0.375 e. The van der Waals surface area contributed by atoms with E-state index in [1.807, 2.05) is 55.5 Å². The quantitative estimate of drug-likeness (QED) is 0.414. The summed E-state index contributed by atoms with van der Waals surface area (Å²) in [5.41, 5.74) is 1.84. The molecule has 0 aliphatic carbocycles. The zero-order chi connectivity index (χ0) is 20.6. The van der Waals surface area contributed by atoms with Crippen molar-refractivity contribution < 1.29 is 14.7 Å². The van der Waals surface area contributed by atoms with Crippen LogP contribution in [-0.2, 0) is 16.9 Å². The molecule has 146 valence electrons. The van der Waals surface area contributed by atoms with Crippen LogP contribution < -0.4 is 4.90 Å². The molecule has 0 aromatic heterocycles. The summed E-state index contributed by atoms with van der Waals surface area (Å²) in [6, 6.07) is 22.1. The van der Waals surface area contributed by atoms with Gasteiger partial charge in [-0.2, -0.15) is 0 Å².